The molecule has 0 atom stereocenters. The van der Waals surface area contributed by atoms with E-state index in [0.29, 0.717) is 33.7 Å². The van der Waals surface area contributed by atoms with Gasteiger partial charge in [0, 0.05) is 23.0 Å². The highest BCUT2D eigenvalue weighted by atomic mass is 35.5. The van der Waals surface area contributed by atoms with Crippen LogP contribution in [0.15, 0.2) is 72.9 Å². The first-order chi connectivity index (χ1) is 14.9. The normalized spacial score (nSPS) is 11.3. The van der Waals surface area contributed by atoms with Gasteiger partial charge in [-0.15, -0.1) is 10.2 Å². The summed E-state index contributed by atoms with van der Waals surface area (Å²) in [6.45, 7) is 1.89. The molecule has 0 spiro atoms. The highest BCUT2D eigenvalue weighted by Gasteiger charge is 2.12. The second-order valence-electron chi connectivity index (χ2n) is 6.75. The van der Waals surface area contributed by atoms with Crippen molar-refractivity contribution in [2.24, 2.45) is 0 Å². The summed E-state index contributed by atoms with van der Waals surface area (Å²) in [5, 5.41) is 13.0. The molecular weight excluding hydrogens is 438 g/mol. The predicted molar refractivity (Wildman–Crippen MR) is 118 cm³/mol. The van der Waals surface area contributed by atoms with Crippen molar-refractivity contribution in [1.29, 1.82) is 0 Å². The largest absolute Gasteiger partial charge is 0.438 e. The van der Waals surface area contributed by atoms with Crippen molar-refractivity contribution in [2.45, 2.75) is 12.7 Å². The summed E-state index contributed by atoms with van der Waals surface area (Å²) < 4.78 is 34.6. The minimum Gasteiger partial charge on any atom is -0.438 e. The molecule has 2 aromatic carbocycles. The van der Waals surface area contributed by atoms with Crippen molar-refractivity contribution in [3.05, 3.63) is 89.2 Å². The summed E-state index contributed by atoms with van der Waals surface area (Å²) in [5.41, 5.74) is 1.95. The highest BCUT2D eigenvalue weighted by Crippen LogP contribution is 2.22. The number of aryl methyl sites for hydroxylation is 1. The summed E-state index contributed by atoms with van der Waals surface area (Å²) in [6.07, 6.45) is 1.80. The van der Waals surface area contributed by atoms with Gasteiger partial charge in [0.2, 0.25) is 15.9 Å². The summed E-state index contributed by atoms with van der Waals surface area (Å²) in [4.78, 5) is 0. The van der Waals surface area contributed by atoms with Gasteiger partial charge in [0.25, 0.3) is 0 Å². The number of nitrogens with one attached hydrogen (secondary N) is 1. The Kier molecular flexibility index (Phi) is 5.88. The second kappa shape index (κ2) is 8.75. The molecule has 0 bridgehead atoms. The van der Waals surface area contributed by atoms with Crippen LogP contribution in [0.25, 0.3) is 5.82 Å². The van der Waals surface area contributed by atoms with Crippen LogP contribution >= 0.6 is 11.6 Å². The van der Waals surface area contributed by atoms with Crippen molar-refractivity contribution < 1.29 is 13.2 Å². The molecule has 0 aliphatic carbocycles. The summed E-state index contributed by atoms with van der Waals surface area (Å²) in [6, 6.07) is 18.5. The topological polar surface area (TPSA) is 99.0 Å². The van der Waals surface area contributed by atoms with Gasteiger partial charge in [-0.05, 0) is 61.0 Å². The third kappa shape index (κ3) is 5.59. The van der Waals surface area contributed by atoms with Crippen LogP contribution in [0.1, 0.15) is 11.3 Å². The Morgan fingerprint density at radius 3 is 2.32 bits per heavy atom. The molecular formula is C21H18ClN5O3S. The molecule has 4 aromatic rings. The molecule has 2 aromatic heterocycles. The van der Waals surface area contributed by atoms with Crippen molar-refractivity contribution >= 4 is 27.3 Å². The van der Waals surface area contributed by atoms with Gasteiger partial charge in [-0.2, -0.15) is 5.10 Å². The molecule has 4 rings (SSSR count). The lowest BCUT2D eigenvalue weighted by atomic mass is 10.2. The van der Waals surface area contributed by atoms with E-state index in [2.05, 4.69) is 20.0 Å². The maximum absolute atomic E-state index is 12.4. The van der Waals surface area contributed by atoms with E-state index in [1.165, 1.54) is 0 Å². The molecule has 0 saturated carbocycles. The number of nitrogens with zero attached hydrogens (tertiary/aromatic N) is 4. The Balaban J connectivity index is 1.38. The molecule has 31 heavy (non-hydrogen) atoms. The van der Waals surface area contributed by atoms with Gasteiger partial charge in [-0.1, -0.05) is 23.7 Å². The SMILES string of the molecule is Cc1ccn(-c2ccc(Oc3ccc(NS(=O)(=O)Cc4ccc(Cl)cc4)cc3)nn2)n1. The third-order valence-electron chi connectivity index (χ3n) is 4.20. The molecule has 8 nitrogen and oxygen atoms in total. The Morgan fingerprint density at radius 1 is 0.968 bits per heavy atom. The number of ether oxygens (including phenoxy) is 1. The van der Waals surface area contributed by atoms with Crippen molar-refractivity contribution in [3.63, 3.8) is 0 Å². The van der Waals surface area contributed by atoms with Crippen LogP contribution in [0.3, 0.4) is 0 Å². The van der Waals surface area contributed by atoms with Crippen LogP contribution in [0.5, 0.6) is 11.6 Å². The first kappa shape index (κ1) is 20.8. The predicted octanol–water partition coefficient (Wildman–Crippen LogP) is 4.36. The van der Waals surface area contributed by atoms with E-state index in [9.17, 15) is 8.42 Å². The molecule has 158 valence electrons. The molecule has 0 fully saturated rings. The van der Waals surface area contributed by atoms with E-state index in [-0.39, 0.29) is 5.75 Å². The molecule has 10 heteroatoms. The Hall–Kier alpha value is -3.43. The van der Waals surface area contributed by atoms with E-state index in [1.54, 1.807) is 71.5 Å². The maximum Gasteiger partial charge on any atom is 0.238 e. The molecule has 0 unspecified atom stereocenters. The number of hydrogen-bond donors (Lipinski definition) is 1. The quantitative estimate of drug-likeness (QED) is 0.444. The zero-order valence-electron chi connectivity index (χ0n) is 16.4. The number of rotatable bonds is 7. The molecule has 0 amide bonds. The number of benzene rings is 2. The number of sulfonamides is 1. The van der Waals surface area contributed by atoms with Gasteiger partial charge in [0.1, 0.15) is 5.75 Å². The van der Waals surface area contributed by atoms with E-state index >= 15 is 0 Å². The fourth-order valence-electron chi connectivity index (χ4n) is 2.76. The number of aromatic nitrogens is 4. The van der Waals surface area contributed by atoms with Crippen molar-refractivity contribution in [3.8, 4) is 17.4 Å². The lowest BCUT2D eigenvalue weighted by molar-refractivity contribution is 0.454. The number of halogens is 1. The summed E-state index contributed by atoms with van der Waals surface area (Å²) in [5.74, 6) is 1.23. The van der Waals surface area contributed by atoms with Crippen molar-refractivity contribution in [1.82, 2.24) is 20.0 Å². The lowest BCUT2D eigenvalue weighted by Gasteiger charge is -2.09. The monoisotopic (exact) mass is 455 g/mol. The van der Waals surface area contributed by atoms with E-state index in [0.717, 1.165) is 5.69 Å². The van der Waals surface area contributed by atoms with Gasteiger partial charge in [-0.25, -0.2) is 13.1 Å². The van der Waals surface area contributed by atoms with Gasteiger partial charge in [-0.3, -0.25) is 4.72 Å². The fourth-order valence-corrected chi connectivity index (χ4v) is 4.08. The minimum atomic E-state index is -3.57. The smallest absolute Gasteiger partial charge is 0.238 e. The zero-order chi connectivity index (χ0) is 21.8. The first-order valence-corrected chi connectivity index (χ1v) is 11.3. The van der Waals surface area contributed by atoms with E-state index in [1.807, 2.05) is 13.0 Å². The maximum atomic E-state index is 12.4. The minimum absolute atomic E-state index is 0.153. The van der Waals surface area contributed by atoms with Crippen LogP contribution in [0, 0.1) is 6.92 Å². The molecule has 2 heterocycles. The Morgan fingerprint density at radius 2 is 1.71 bits per heavy atom. The third-order valence-corrected chi connectivity index (χ3v) is 5.72. The van der Waals surface area contributed by atoms with Gasteiger partial charge in [0.15, 0.2) is 5.82 Å². The second-order valence-corrected chi connectivity index (χ2v) is 8.90. The van der Waals surface area contributed by atoms with Crippen molar-refractivity contribution in [2.75, 3.05) is 4.72 Å². The molecule has 0 radical (unpaired) electrons. The Bertz CT molecular complexity index is 1270. The van der Waals surface area contributed by atoms with Crippen LogP contribution in [0.4, 0.5) is 5.69 Å². The summed E-state index contributed by atoms with van der Waals surface area (Å²) >= 11 is 5.83. The standard InChI is InChI=1S/C21H18ClN5O3S/c1-15-12-13-27(25-15)20-10-11-21(24-23-20)30-19-8-6-18(7-9-19)26-31(28,29)14-16-2-4-17(22)5-3-16/h2-13,26H,14H2,1H3. The first-order valence-electron chi connectivity index (χ1n) is 9.25. The van der Waals surface area contributed by atoms with Crippen LogP contribution in [-0.4, -0.2) is 28.4 Å². The molecule has 1 N–H and O–H groups in total. The average Bonchev–Trinajstić information content (AvgIpc) is 3.18. The Labute approximate surface area is 184 Å². The molecule has 0 aliphatic rings. The molecule has 0 aliphatic heterocycles. The van der Waals surface area contributed by atoms with Gasteiger partial charge >= 0.3 is 0 Å². The van der Waals surface area contributed by atoms with Crippen LogP contribution in [-0.2, 0) is 15.8 Å². The lowest BCUT2D eigenvalue weighted by Crippen LogP contribution is -2.14. The van der Waals surface area contributed by atoms with E-state index in [4.69, 9.17) is 16.3 Å². The van der Waals surface area contributed by atoms with E-state index < -0.39 is 10.0 Å². The zero-order valence-corrected chi connectivity index (χ0v) is 18.0. The summed E-state index contributed by atoms with van der Waals surface area (Å²) in [7, 11) is -3.57. The fraction of sp³-hybridized carbons (Fsp3) is 0.0952. The number of hydrogen-bond acceptors (Lipinski definition) is 6. The van der Waals surface area contributed by atoms with Crippen LogP contribution < -0.4 is 9.46 Å². The number of anilines is 1. The van der Waals surface area contributed by atoms with Gasteiger partial charge in [0.05, 0.1) is 11.4 Å². The van der Waals surface area contributed by atoms with Crippen LogP contribution in [0.2, 0.25) is 5.02 Å². The molecule has 0 saturated heterocycles. The average molecular weight is 456 g/mol. The van der Waals surface area contributed by atoms with Gasteiger partial charge < -0.3 is 4.74 Å². The highest BCUT2D eigenvalue weighted by molar-refractivity contribution is 7.91.